The Kier molecular flexibility index (Phi) is 6.04. The van der Waals surface area contributed by atoms with Crippen LogP contribution in [0, 0.1) is 6.92 Å². The van der Waals surface area contributed by atoms with Crippen LogP contribution in [0.2, 0.25) is 0 Å². The number of nitrogens with zero attached hydrogens (tertiary/aromatic N) is 1. The number of benzene rings is 2. The highest BCUT2D eigenvalue weighted by Gasteiger charge is 2.45. The second kappa shape index (κ2) is 9.18. The van der Waals surface area contributed by atoms with E-state index >= 15 is 0 Å². The van der Waals surface area contributed by atoms with Crippen molar-refractivity contribution in [3.05, 3.63) is 69.6 Å². The number of ether oxygens (including phenoxy) is 3. The molecule has 36 heavy (non-hydrogen) atoms. The minimum absolute atomic E-state index is 0.0184. The van der Waals surface area contributed by atoms with E-state index in [1.54, 1.807) is 29.2 Å². The number of carbonyl (C=O) groups is 2. The van der Waals surface area contributed by atoms with Crippen LogP contribution in [0.4, 0.5) is 0 Å². The van der Waals surface area contributed by atoms with Gasteiger partial charge in [0.15, 0.2) is 22.7 Å². The Balaban J connectivity index is 1.30. The normalized spacial score (nSPS) is 16.8. The molecule has 1 saturated heterocycles. The number of likely N-dealkylation sites (tertiary alicyclic amines) is 1. The van der Waals surface area contributed by atoms with Crippen LogP contribution in [0.25, 0.3) is 17.0 Å². The van der Waals surface area contributed by atoms with E-state index in [2.05, 4.69) is 0 Å². The fourth-order valence-corrected chi connectivity index (χ4v) is 4.91. The highest BCUT2D eigenvalue weighted by Crippen LogP contribution is 2.47. The van der Waals surface area contributed by atoms with Crippen molar-refractivity contribution in [3.8, 4) is 17.2 Å². The number of carbonyl (C=O) groups excluding carboxylic acids is 2. The molecule has 1 aromatic heterocycles. The van der Waals surface area contributed by atoms with Crippen molar-refractivity contribution in [1.29, 1.82) is 0 Å². The number of ketones is 1. The Hall–Kier alpha value is -4.07. The lowest BCUT2D eigenvalue weighted by molar-refractivity contribution is -0.129. The molecule has 8 nitrogen and oxygen atoms in total. The molecular formula is C28H27NO7. The second-order valence-electron chi connectivity index (χ2n) is 9.24. The summed E-state index contributed by atoms with van der Waals surface area (Å²) in [6.45, 7) is 2.75. The highest BCUT2D eigenvalue weighted by atomic mass is 16.5. The molecule has 8 heteroatoms. The van der Waals surface area contributed by atoms with Gasteiger partial charge in [-0.25, -0.2) is 0 Å². The van der Waals surface area contributed by atoms with Gasteiger partial charge in [0.05, 0.1) is 37.2 Å². The van der Waals surface area contributed by atoms with Gasteiger partial charge in [-0.15, -0.1) is 0 Å². The summed E-state index contributed by atoms with van der Waals surface area (Å²) in [5.41, 5.74) is 1.36. The third-order valence-electron chi connectivity index (χ3n) is 6.95. The first-order valence-electron chi connectivity index (χ1n) is 11.8. The summed E-state index contributed by atoms with van der Waals surface area (Å²) >= 11 is 0. The molecule has 2 aliphatic rings. The Morgan fingerprint density at radius 1 is 1.08 bits per heavy atom. The summed E-state index contributed by atoms with van der Waals surface area (Å²) in [7, 11) is 3.04. The van der Waals surface area contributed by atoms with E-state index in [0.717, 1.165) is 5.56 Å². The lowest BCUT2D eigenvalue weighted by atomic mass is 9.82. The Morgan fingerprint density at radius 2 is 1.86 bits per heavy atom. The van der Waals surface area contributed by atoms with Crippen molar-refractivity contribution in [2.45, 2.75) is 31.8 Å². The molecule has 2 aliphatic heterocycles. The molecule has 0 unspecified atom stereocenters. The zero-order chi connectivity index (χ0) is 25.4. The van der Waals surface area contributed by atoms with Crippen molar-refractivity contribution in [2.24, 2.45) is 0 Å². The van der Waals surface area contributed by atoms with Gasteiger partial charge in [-0.05, 0) is 37.3 Å². The summed E-state index contributed by atoms with van der Waals surface area (Å²) < 4.78 is 22.8. The zero-order valence-corrected chi connectivity index (χ0v) is 20.5. The van der Waals surface area contributed by atoms with Crippen LogP contribution in [0.1, 0.15) is 40.7 Å². The number of piperidine rings is 1. The number of methoxy groups -OCH3 is 2. The van der Waals surface area contributed by atoms with Crippen molar-refractivity contribution in [1.82, 2.24) is 4.90 Å². The van der Waals surface area contributed by atoms with Crippen LogP contribution in [0.3, 0.4) is 0 Å². The maximum absolute atomic E-state index is 12.9. The Labute approximate surface area is 208 Å². The Morgan fingerprint density at radius 3 is 2.58 bits per heavy atom. The number of rotatable bonds is 4. The smallest absolute Gasteiger partial charge is 0.246 e. The van der Waals surface area contributed by atoms with Gasteiger partial charge in [-0.3, -0.25) is 14.4 Å². The first kappa shape index (κ1) is 23.7. The van der Waals surface area contributed by atoms with E-state index in [-0.39, 0.29) is 23.5 Å². The van der Waals surface area contributed by atoms with Gasteiger partial charge < -0.3 is 23.5 Å². The largest absolute Gasteiger partial charge is 0.493 e. The van der Waals surface area contributed by atoms with Crippen LogP contribution in [-0.2, 0) is 4.79 Å². The van der Waals surface area contributed by atoms with Gasteiger partial charge in [-0.2, -0.15) is 0 Å². The molecule has 1 fully saturated rings. The molecule has 0 N–H and O–H groups in total. The molecule has 0 atom stereocenters. The lowest BCUT2D eigenvalue weighted by Crippen LogP contribution is -2.52. The fourth-order valence-electron chi connectivity index (χ4n) is 4.91. The standard InChI is InChI=1S/C28H27NO7/c1-17-4-7-22-20(14-17)25(32)18(16-35-22)5-9-24(31)29-12-10-28(11-13-29)15-21(30)19-6-8-23(33-2)27(34-3)26(19)36-28/h4-9,14,16H,10-13,15H2,1-3H3/b9-5+. The van der Waals surface area contributed by atoms with Crippen molar-refractivity contribution in [3.63, 3.8) is 0 Å². The number of Topliss-reactive ketones (excluding diaryl/α,β-unsaturated/α-hetero) is 1. The van der Waals surface area contributed by atoms with Gasteiger partial charge in [-0.1, -0.05) is 11.6 Å². The van der Waals surface area contributed by atoms with Gasteiger partial charge >= 0.3 is 0 Å². The van der Waals surface area contributed by atoms with Crippen LogP contribution in [0.15, 0.2) is 51.9 Å². The SMILES string of the molecule is COc1ccc2c(c1OC)OC1(CCN(C(=O)/C=C/c3coc4ccc(C)cc4c3=O)CC1)CC2=O. The molecule has 0 aliphatic carbocycles. The van der Waals surface area contributed by atoms with E-state index in [1.807, 2.05) is 13.0 Å². The van der Waals surface area contributed by atoms with Gasteiger partial charge in [0, 0.05) is 32.0 Å². The molecule has 0 bridgehead atoms. The number of hydrogen-bond acceptors (Lipinski definition) is 7. The van der Waals surface area contributed by atoms with E-state index in [0.29, 0.717) is 65.3 Å². The van der Waals surface area contributed by atoms with Crippen molar-refractivity contribution < 1.29 is 28.2 Å². The topological polar surface area (TPSA) is 95.3 Å². The average molecular weight is 490 g/mol. The molecule has 1 amide bonds. The quantitative estimate of drug-likeness (QED) is 0.508. The van der Waals surface area contributed by atoms with Crippen molar-refractivity contribution >= 4 is 28.7 Å². The summed E-state index contributed by atoms with van der Waals surface area (Å²) in [5.74, 6) is 1.05. The molecular weight excluding hydrogens is 462 g/mol. The third-order valence-corrected chi connectivity index (χ3v) is 6.95. The molecule has 0 radical (unpaired) electrons. The molecule has 1 spiro atoms. The first-order chi connectivity index (χ1) is 17.3. The van der Waals surface area contributed by atoms with E-state index in [9.17, 15) is 14.4 Å². The molecule has 2 aromatic carbocycles. The monoisotopic (exact) mass is 489 g/mol. The van der Waals surface area contributed by atoms with Crippen LogP contribution < -0.4 is 19.6 Å². The molecule has 0 saturated carbocycles. The van der Waals surface area contributed by atoms with E-state index < -0.39 is 5.60 Å². The highest BCUT2D eigenvalue weighted by molar-refractivity contribution is 6.01. The number of fused-ring (bicyclic) bond motifs is 2. The minimum atomic E-state index is -0.707. The summed E-state index contributed by atoms with van der Waals surface area (Å²) in [5, 5.41) is 0.482. The van der Waals surface area contributed by atoms with Crippen molar-refractivity contribution in [2.75, 3.05) is 27.3 Å². The Bertz CT molecular complexity index is 1440. The van der Waals surface area contributed by atoms with E-state index in [4.69, 9.17) is 18.6 Å². The lowest BCUT2D eigenvalue weighted by Gasteiger charge is -2.44. The predicted molar refractivity (Wildman–Crippen MR) is 134 cm³/mol. The van der Waals surface area contributed by atoms with Crippen LogP contribution in [-0.4, -0.2) is 49.5 Å². The van der Waals surface area contributed by atoms with Crippen LogP contribution in [0.5, 0.6) is 17.2 Å². The predicted octanol–water partition coefficient (Wildman–Crippen LogP) is 4.16. The van der Waals surface area contributed by atoms with Gasteiger partial charge in [0.2, 0.25) is 11.7 Å². The summed E-state index contributed by atoms with van der Waals surface area (Å²) in [4.78, 5) is 40.3. The first-order valence-corrected chi connectivity index (χ1v) is 11.8. The zero-order valence-electron chi connectivity index (χ0n) is 20.5. The summed E-state index contributed by atoms with van der Waals surface area (Å²) in [6.07, 6.45) is 5.49. The third kappa shape index (κ3) is 4.12. The summed E-state index contributed by atoms with van der Waals surface area (Å²) in [6, 6.07) is 8.80. The fraction of sp³-hybridized carbons (Fsp3) is 0.321. The van der Waals surface area contributed by atoms with Gasteiger partial charge in [0.25, 0.3) is 0 Å². The average Bonchev–Trinajstić information content (AvgIpc) is 2.88. The maximum Gasteiger partial charge on any atom is 0.246 e. The molecule has 3 heterocycles. The molecule has 186 valence electrons. The minimum Gasteiger partial charge on any atom is -0.493 e. The molecule has 5 rings (SSSR count). The number of amides is 1. The number of hydrogen-bond donors (Lipinski definition) is 0. The van der Waals surface area contributed by atoms with Gasteiger partial charge in [0.1, 0.15) is 17.4 Å². The number of aryl methyl sites for hydroxylation is 1. The van der Waals surface area contributed by atoms with E-state index in [1.165, 1.54) is 32.6 Å². The molecule has 3 aromatic rings. The second-order valence-corrected chi connectivity index (χ2v) is 9.24. The van der Waals surface area contributed by atoms with Crippen LogP contribution >= 0.6 is 0 Å². The maximum atomic E-state index is 12.9.